The van der Waals surface area contributed by atoms with Gasteiger partial charge >= 0.3 is 11.6 Å². The number of ether oxygens (including phenoxy) is 1. The number of amides is 2. The molecule has 6 atom stereocenters. The van der Waals surface area contributed by atoms with Crippen molar-refractivity contribution < 1.29 is 23.5 Å². The molecule has 0 radical (unpaired) electrons. The number of allylic oxidation sites excluding steroid dienone is 2. The highest BCUT2D eigenvalue weighted by molar-refractivity contribution is 6.08. The zero-order chi connectivity index (χ0) is 20.7. The highest BCUT2D eigenvalue weighted by Crippen LogP contribution is 2.65. The molecule has 2 aromatic rings. The van der Waals surface area contributed by atoms with Gasteiger partial charge in [0.05, 0.1) is 11.8 Å². The monoisotopic (exact) mass is 405 g/mol. The fourth-order valence-corrected chi connectivity index (χ4v) is 5.85. The zero-order valence-electron chi connectivity index (χ0n) is 16.2. The standard InChI is InChI=1S/C23H19NO6/c1-10-6-11(7-17-12(10)4-5-18(25)30-17)29-19(26)9-24-22(27)20-13-2-3-14(16-8-15(13)16)21(20)23(24)28/h2-7,13-16,20-21H,8-9H2,1H3/t13-,14-,15-,16-,20-,21+/m1/s1. The highest BCUT2D eigenvalue weighted by Gasteiger charge is 2.67. The molecule has 4 aliphatic carbocycles. The maximum Gasteiger partial charge on any atom is 0.336 e. The molecule has 2 saturated carbocycles. The maximum absolute atomic E-state index is 13.0. The summed E-state index contributed by atoms with van der Waals surface area (Å²) in [5, 5.41) is 0.741. The third-order valence-corrected chi connectivity index (χ3v) is 7.19. The number of nitrogens with zero attached hydrogens (tertiary/aromatic N) is 1. The van der Waals surface area contributed by atoms with E-state index in [-0.39, 0.29) is 41.2 Å². The van der Waals surface area contributed by atoms with Crippen molar-refractivity contribution in [1.29, 1.82) is 0 Å². The van der Waals surface area contributed by atoms with Crippen LogP contribution in [0.3, 0.4) is 0 Å². The smallest absolute Gasteiger partial charge is 0.336 e. The van der Waals surface area contributed by atoms with E-state index in [9.17, 15) is 19.2 Å². The predicted molar refractivity (Wildman–Crippen MR) is 104 cm³/mol. The van der Waals surface area contributed by atoms with E-state index in [2.05, 4.69) is 12.2 Å². The molecule has 1 aromatic carbocycles. The van der Waals surface area contributed by atoms with Crippen molar-refractivity contribution in [1.82, 2.24) is 4.90 Å². The Morgan fingerprint density at radius 1 is 1.07 bits per heavy atom. The quantitative estimate of drug-likeness (QED) is 0.255. The molecule has 1 aromatic heterocycles. The van der Waals surface area contributed by atoms with Crippen LogP contribution in [0.15, 0.2) is 45.6 Å². The van der Waals surface area contributed by atoms with Crippen LogP contribution in [-0.4, -0.2) is 29.2 Å². The number of carbonyl (C=O) groups is 3. The van der Waals surface area contributed by atoms with Crippen molar-refractivity contribution in [2.24, 2.45) is 35.5 Å². The van der Waals surface area contributed by atoms with Crippen molar-refractivity contribution in [2.45, 2.75) is 13.3 Å². The van der Waals surface area contributed by atoms with Gasteiger partial charge < -0.3 is 9.15 Å². The maximum atomic E-state index is 13.0. The van der Waals surface area contributed by atoms with Crippen LogP contribution in [0.4, 0.5) is 0 Å². The minimum Gasteiger partial charge on any atom is -0.425 e. The van der Waals surface area contributed by atoms with E-state index in [0.29, 0.717) is 17.4 Å². The van der Waals surface area contributed by atoms with Crippen molar-refractivity contribution in [3.05, 3.63) is 52.4 Å². The lowest BCUT2D eigenvalue weighted by Crippen LogP contribution is -2.40. The van der Waals surface area contributed by atoms with E-state index in [1.165, 1.54) is 12.1 Å². The number of aryl methyl sites for hydroxylation is 1. The molecule has 1 saturated heterocycles. The van der Waals surface area contributed by atoms with Crippen LogP contribution in [0, 0.1) is 42.4 Å². The van der Waals surface area contributed by atoms with E-state index < -0.39 is 18.1 Å². The van der Waals surface area contributed by atoms with Crippen LogP contribution in [0.2, 0.25) is 0 Å². The summed E-state index contributed by atoms with van der Waals surface area (Å²) in [7, 11) is 0. The Balaban J connectivity index is 1.22. The number of rotatable bonds is 3. The van der Waals surface area contributed by atoms with Gasteiger partial charge in [-0.05, 0) is 54.7 Å². The number of carbonyl (C=O) groups excluding carboxylic acids is 3. The normalized spacial score (nSPS) is 33.0. The summed E-state index contributed by atoms with van der Waals surface area (Å²) in [5.74, 6) is -0.402. The Labute approximate surface area is 171 Å². The van der Waals surface area contributed by atoms with Gasteiger partial charge in [-0.15, -0.1) is 0 Å². The van der Waals surface area contributed by atoms with E-state index in [1.54, 1.807) is 12.1 Å². The fourth-order valence-electron chi connectivity index (χ4n) is 5.85. The topological polar surface area (TPSA) is 93.9 Å². The molecule has 30 heavy (non-hydrogen) atoms. The molecule has 2 heterocycles. The lowest BCUT2D eigenvalue weighted by atomic mass is 9.63. The van der Waals surface area contributed by atoms with Crippen molar-refractivity contribution in [2.75, 3.05) is 6.54 Å². The lowest BCUT2D eigenvalue weighted by molar-refractivity contribution is -0.148. The Hall–Kier alpha value is -3.22. The first-order valence-electron chi connectivity index (χ1n) is 10.2. The van der Waals surface area contributed by atoms with Gasteiger partial charge in [0.1, 0.15) is 17.9 Å². The molecular formula is C23H19NO6. The summed E-state index contributed by atoms with van der Waals surface area (Å²) in [6, 6.07) is 6.10. The Kier molecular flexibility index (Phi) is 3.47. The third-order valence-electron chi connectivity index (χ3n) is 7.19. The predicted octanol–water partition coefficient (Wildman–Crippen LogP) is 2.06. The number of benzene rings is 1. The molecule has 7 rings (SSSR count). The Morgan fingerprint density at radius 3 is 2.40 bits per heavy atom. The van der Waals surface area contributed by atoms with Crippen LogP contribution < -0.4 is 10.4 Å². The first kappa shape index (κ1) is 17.6. The van der Waals surface area contributed by atoms with Crippen LogP contribution >= 0.6 is 0 Å². The highest BCUT2D eigenvalue weighted by atomic mass is 16.5. The van der Waals surface area contributed by atoms with E-state index in [4.69, 9.17) is 9.15 Å². The molecule has 0 unspecified atom stereocenters. The third kappa shape index (κ3) is 2.38. The molecule has 0 spiro atoms. The van der Waals surface area contributed by atoms with Gasteiger partial charge in [0.25, 0.3) is 0 Å². The van der Waals surface area contributed by atoms with E-state index >= 15 is 0 Å². The molecule has 7 heteroatoms. The van der Waals surface area contributed by atoms with E-state index in [0.717, 1.165) is 22.3 Å². The van der Waals surface area contributed by atoms with Crippen molar-refractivity contribution in [3.8, 4) is 5.75 Å². The number of imide groups is 1. The lowest BCUT2D eigenvalue weighted by Gasteiger charge is -2.37. The number of fused-ring (bicyclic) bond motifs is 1. The summed E-state index contributed by atoms with van der Waals surface area (Å²) in [6.07, 6.45) is 5.28. The average Bonchev–Trinajstić information content (AvgIpc) is 3.49. The first-order chi connectivity index (χ1) is 14.4. The van der Waals surface area contributed by atoms with Gasteiger partial charge in [-0.2, -0.15) is 0 Å². The molecule has 7 nitrogen and oxygen atoms in total. The van der Waals surface area contributed by atoms with Gasteiger partial charge in [-0.1, -0.05) is 12.2 Å². The zero-order valence-corrected chi connectivity index (χ0v) is 16.2. The second kappa shape index (κ2) is 5.90. The van der Waals surface area contributed by atoms with Crippen LogP contribution in [0.25, 0.3) is 11.0 Å². The van der Waals surface area contributed by atoms with Gasteiger partial charge in [-0.25, -0.2) is 9.59 Å². The fraction of sp³-hybridized carbons (Fsp3) is 0.391. The second-order valence-corrected chi connectivity index (χ2v) is 8.80. The average molecular weight is 405 g/mol. The number of esters is 1. The molecule has 5 aliphatic rings. The van der Waals surface area contributed by atoms with Crippen molar-refractivity contribution in [3.63, 3.8) is 0 Å². The number of likely N-dealkylation sites (tertiary alicyclic amines) is 1. The largest absolute Gasteiger partial charge is 0.425 e. The minimum atomic E-state index is -0.696. The first-order valence-corrected chi connectivity index (χ1v) is 10.2. The van der Waals surface area contributed by atoms with Crippen LogP contribution in [0.5, 0.6) is 5.75 Å². The summed E-state index contributed by atoms with van der Waals surface area (Å²) in [4.78, 5) is 51.0. The number of hydrogen-bond donors (Lipinski definition) is 0. The van der Waals surface area contributed by atoms with Crippen LogP contribution in [-0.2, 0) is 14.4 Å². The molecule has 0 N–H and O–H groups in total. The summed E-state index contributed by atoms with van der Waals surface area (Å²) in [6.45, 7) is 1.40. The summed E-state index contributed by atoms with van der Waals surface area (Å²) >= 11 is 0. The summed E-state index contributed by atoms with van der Waals surface area (Å²) in [5.41, 5.74) is 0.592. The van der Waals surface area contributed by atoms with Gasteiger partial charge in [0, 0.05) is 17.5 Å². The molecular weight excluding hydrogens is 386 g/mol. The molecule has 2 bridgehead atoms. The Bertz CT molecular complexity index is 1190. The summed E-state index contributed by atoms with van der Waals surface area (Å²) < 4.78 is 10.6. The minimum absolute atomic E-state index is 0.119. The second-order valence-electron chi connectivity index (χ2n) is 8.80. The number of hydrogen-bond acceptors (Lipinski definition) is 6. The van der Waals surface area contributed by atoms with Crippen LogP contribution in [0.1, 0.15) is 12.0 Å². The van der Waals surface area contributed by atoms with Gasteiger partial charge in [0.2, 0.25) is 11.8 Å². The molecule has 3 fully saturated rings. The van der Waals surface area contributed by atoms with Gasteiger partial charge in [-0.3, -0.25) is 14.5 Å². The molecule has 1 aliphatic heterocycles. The van der Waals surface area contributed by atoms with Gasteiger partial charge in [0.15, 0.2) is 0 Å². The molecule has 2 amide bonds. The SMILES string of the molecule is Cc1cc(OC(=O)CN2C(=O)[C@@H]3[C@@H]4C=C[C@H]([C@H]5C[C@H]45)[C@@H]3C2=O)cc2oc(=O)ccc12. The van der Waals surface area contributed by atoms with E-state index in [1.807, 2.05) is 6.92 Å². The van der Waals surface area contributed by atoms with Crippen molar-refractivity contribution >= 4 is 28.8 Å². The molecule has 152 valence electrons. The Morgan fingerprint density at radius 2 is 1.73 bits per heavy atom.